The fraction of sp³-hybridized carbons (Fsp3) is 0.267. The van der Waals surface area contributed by atoms with Crippen molar-refractivity contribution in [2.24, 2.45) is 5.41 Å². The number of nitrogens with one attached hydrogen (secondary N) is 1. The molecule has 1 aromatic carbocycles. The highest BCUT2D eigenvalue weighted by Gasteiger charge is 2.23. The number of amides is 1. The number of carbonyl (C=O) groups excluding carboxylic acids is 1. The van der Waals surface area contributed by atoms with Gasteiger partial charge in [0.2, 0.25) is 16.8 Å². The Morgan fingerprint density at radius 3 is 2.74 bits per heavy atom. The number of halogens is 2. The van der Waals surface area contributed by atoms with Crippen molar-refractivity contribution in [3.8, 4) is 11.3 Å². The molecule has 0 spiro atoms. The Balaban J connectivity index is 2.01. The first-order valence-electron chi connectivity index (χ1n) is 6.87. The van der Waals surface area contributed by atoms with E-state index < -0.39 is 5.41 Å². The van der Waals surface area contributed by atoms with Gasteiger partial charge >= 0.3 is 0 Å². The monoisotopic (exact) mass is 368 g/mol. The Hall–Kier alpha value is -1.63. The van der Waals surface area contributed by atoms with E-state index in [1.54, 1.807) is 22.7 Å². The second kappa shape index (κ2) is 5.78. The number of hydrogen-bond acceptors (Lipinski definition) is 4. The molecule has 2 aromatic heterocycles. The van der Waals surface area contributed by atoms with Crippen LogP contribution in [0.4, 0.5) is 5.95 Å². The van der Waals surface area contributed by atoms with Gasteiger partial charge in [0.1, 0.15) is 0 Å². The number of nitrogens with zero attached hydrogens (tertiary/aromatic N) is 3. The summed E-state index contributed by atoms with van der Waals surface area (Å²) >= 11 is 13.7. The predicted octanol–water partition coefficient (Wildman–Crippen LogP) is 4.75. The van der Waals surface area contributed by atoms with Crippen LogP contribution in [0.1, 0.15) is 20.8 Å². The smallest absolute Gasteiger partial charge is 0.250 e. The Kier molecular flexibility index (Phi) is 4.08. The number of carbonyl (C=O) groups is 1. The van der Waals surface area contributed by atoms with Crippen LogP contribution >= 0.6 is 34.5 Å². The molecule has 3 aromatic rings. The molecule has 0 aliphatic rings. The van der Waals surface area contributed by atoms with Crippen molar-refractivity contribution >= 4 is 51.4 Å². The van der Waals surface area contributed by atoms with E-state index in [9.17, 15) is 4.79 Å². The Labute approximate surface area is 147 Å². The average molecular weight is 369 g/mol. The van der Waals surface area contributed by atoms with Crippen molar-refractivity contribution in [2.45, 2.75) is 20.8 Å². The molecule has 0 saturated carbocycles. The largest absolute Gasteiger partial charge is 0.293 e. The zero-order valence-electron chi connectivity index (χ0n) is 12.7. The lowest BCUT2D eigenvalue weighted by Crippen LogP contribution is -2.28. The second-order valence-electron chi connectivity index (χ2n) is 6.08. The zero-order valence-corrected chi connectivity index (χ0v) is 15.1. The summed E-state index contributed by atoms with van der Waals surface area (Å²) in [6.07, 6.45) is 0. The fourth-order valence-corrected chi connectivity index (χ4v) is 3.11. The Morgan fingerprint density at radius 2 is 2.04 bits per heavy atom. The normalized spacial score (nSPS) is 11.9. The summed E-state index contributed by atoms with van der Waals surface area (Å²) in [7, 11) is 0. The van der Waals surface area contributed by atoms with Crippen LogP contribution in [0.5, 0.6) is 0 Å². The minimum Gasteiger partial charge on any atom is -0.293 e. The lowest BCUT2D eigenvalue weighted by Gasteiger charge is -2.15. The second-order valence-corrected chi connectivity index (χ2v) is 7.76. The summed E-state index contributed by atoms with van der Waals surface area (Å²) in [5, 5.41) is 10.2. The first-order chi connectivity index (χ1) is 10.8. The van der Waals surface area contributed by atoms with Crippen LogP contribution in [0.2, 0.25) is 10.0 Å². The maximum atomic E-state index is 12.1. The summed E-state index contributed by atoms with van der Waals surface area (Å²) in [4.78, 5) is 17.0. The number of anilines is 1. The standard InChI is InChI=1S/C15H14Cl2N4OS/c1-15(2,3)12(22)18-13-19-14-21(20-13)11(7-23-14)9-6-8(16)4-5-10(9)17/h4-7H,1-3H3,(H,18,20,22). The topological polar surface area (TPSA) is 59.3 Å². The van der Waals surface area contributed by atoms with Gasteiger partial charge in [0, 0.05) is 21.4 Å². The lowest BCUT2D eigenvalue weighted by atomic mass is 9.96. The predicted molar refractivity (Wildman–Crippen MR) is 94.4 cm³/mol. The van der Waals surface area contributed by atoms with Crippen molar-refractivity contribution in [1.29, 1.82) is 0 Å². The van der Waals surface area contributed by atoms with Gasteiger partial charge in [-0.1, -0.05) is 44.0 Å². The van der Waals surface area contributed by atoms with E-state index in [1.165, 1.54) is 11.3 Å². The van der Waals surface area contributed by atoms with Crippen LogP contribution in [0, 0.1) is 5.41 Å². The average Bonchev–Trinajstić information content (AvgIpc) is 3.00. The minimum atomic E-state index is -0.516. The van der Waals surface area contributed by atoms with E-state index in [0.29, 0.717) is 15.0 Å². The van der Waals surface area contributed by atoms with Crippen LogP contribution in [0.15, 0.2) is 23.6 Å². The van der Waals surface area contributed by atoms with Gasteiger partial charge < -0.3 is 0 Å². The van der Waals surface area contributed by atoms with E-state index in [2.05, 4.69) is 15.4 Å². The number of rotatable bonds is 2. The molecule has 8 heteroatoms. The molecule has 2 heterocycles. The highest BCUT2D eigenvalue weighted by atomic mass is 35.5. The van der Waals surface area contributed by atoms with Crippen molar-refractivity contribution < 1.29 is 4.79 Å². The maximum absolute atomic E-state index is 12.1. The van der Waals surface area contributed by atoms with Crippen molar-refractivity contribution in [2.75, 3.05) is 5.32 Å². The molecule has 0 bridgehead atoms. The third kappa shape index (κ3) is 3.20. The SMILES string of the molecule is CC(C)(C)C(=O)Nc1nc2scc(-c3cc(Cl)ccc3Cl)n2n1. The van der Waals surface area contributed by atoms with E-state index in [4.69, 9.17) is 23.2 Å². The molecule has 0 atom stereocenters. The number of benzene rings is 1. The highest BCUT2D eigenvalue weighted by molar-refractivity contribution is 7.15. The van der Waals surface area contributed by atoms with Gasteiger partial charge in [-0.3, -0.25) is 10.1 Å². The molecular formula is C15H14Cl2N4OS. The van der Waals surface area contributed by atoms with Gasteiger partial charge in [-0.25, -0.2) is 4.52 Å². The van der Waals surface area contributed by atoms with Crippen LogP contribution in [-0.2, 0) is 4.79 Å². The van der Waals surface area contributed by atoms with Gasteiger partial charge in [0.15, 0.2) is 0 Å². The van der Waals surface area contributed by atoms with E-state index in [1.807, 2.05) is 26.2 Å². The molecule has 0 saturated heterocycles. The number of hydrogen-bond donors (Lipinski definition) is 1. The quantitative estimate of drug-likeness (QED) is 0.709. The minimum absolute atomic E-state index is 0.141. The molecule has 120 valence electrons. The van der Waals surface area contributed by atoms with E-state index in [-0.39, 0.29) is 11.9 Å². The van der Waals surface area contributed by atoms with Crippen LogP contribution in [0.25, 0.3) is 16.2 Å². The van der Waals surface area contributed by atoms with Crippen molar-refractivity contribution in [3.05, 3.63) is 33.6 Å². The molecule has 0 radical (unpaired) electrons. The first-order valence-corrected chi connectivity index (χ1v) is 8.50. The molecule has 0 fully saturated rings. The van der Waals surface area contributed by atoms with Gasteiger partial charge in [0.05, 0.1) is 10.7 Å². The van der Waals surface area contributed by atoms with Crippen molar-refractivity contribution in [1.82, 2.24) is 14.6 Å². The van der Waals surface area contributed by atoms with E-state index >= 15 is 0 Å². The molecule has 0 unspecified atom stereocenters. The molecule has 0 aliphatic carbocycles. The molecule has 1 N–H and O–H groups in total. The Bertz CT molecular complexity index is 895. The van der Waals surface area contributed by atoms with Crippen LogP contribution in [0.3, 0.4) is 0 Å². The highest BCUT2D eigenvalue weighted by Crippen LogP contribution is 2.33. The number of aromatic nitrogens is 3. The summed E-state index contributed by atoms with van der Waals surface area (Å²) < 4.78 is 1.65. The lowest BCUT2D eigenvalue weighted by molar-refractivity contribution is -0.123. The summed E-state index contributed by atoms with van der Waals surface area (Å²) in [5.41, 5.74) is 1.03. The van der Waals surface area contributed by atoms with Gasteiger partial charge in [0.25, 0.3) is 0 Å². The first kappa shape index (κ1) is 16.2. The maximum Gasteiger partial charge on any atom is 0.250 e. The zero-order chi connectivity index (χ0) is 16.8. The summed E-state index contributed by atoms with van der Waals surface area (Å²) in [5.74, 6) is 0.134. The molecule has 1 amide bonds. The number of fused-ring (bicyclic) bond motifs is 1. The van der Waals surface area contributed by atoms with Crippen LogP contribution < -0.4 is 5.32 Å². The summed E-state index contributed by atoms with van der Waals surface area (Å²) in [6, 6.07) is 5.25. The van der Waals surface area contributed by atoms with Gasteiger partial charge in [-0.15, -0.1) is 16.4 Å². The van der Waals surface area contributed by atoms with Crippen molar-refractivity contribution in [3.63, 3.8) is 0 Å². The van der Waals surface area contributed by atoms with E-state index in [0.717, 1.165) is 11.3 Å². The molecule has 23 heavy (non-hydrogen) atoms. The Morgan fingerprint density at radius 1 is 1.30 bits per heavy atom. The summed E-state index contributed by atoms with van der Waals surface area (Å²) in [6.45, 7) is 5.49. The molecule has 0 aliphatic heterocycles. The third-order valence-electron chi connectivity index (χ3n) is 3.19. The van der Waals surface area contributed by atoms with Gasteiger partial charge in [-0.05, 0) is 18.2 Å². The van der Waals surface area contributed by atoms with Crippen LogP contribution in [-0.4, -0.2) is 20.5 Å². The molecular weight excluding hydrogens is 355 g/mol. The fourth-order valence-electron chi connectivity index (χ4n) is 1.90. The number of thiazole rings is 1. The molecule has 3 rings (SSSR count). The molecule has 5 nitrogen and oxygen atoms in total. The van der Waals surface area contributed by atoms with Gasteiger partial charge in [-0.2, -0.15) is 4.98 Å². The third-order valence-corrected chi connectivity index (χ3v) is 4.57.